The summed E-state index contributed by atoms with van der Waals surface area (Å²) in [6.07, 6.45) is 3.37. The standard InChI is InChI=1S/C32H34FN3O6/c1-4-32(41)20-11-24-27-18(13-36(24)28(37)19(20)14-42-30(32)39)26-22(35-29(38)31(40)9-7-15(2)8-10-31)6-5-17-16(3)21(33)12-23(34-27)25(17)26/h11-12,15,22,40-41H,4-10,13-14H2,1-3H3,(H,35,38)/t15?,22-,31?,32-/m0/s1. The molecule has 0 spiro atoms. The number of carbonyl (C=O) groups excluding carboxylic acids is 2. The molecule has 2 aliphatic heterocycles. The van der Waals surface area contributed by atoms with E-state index in [1.54, 1.807) is 24.5 Å². The number of pyridine rings is 2. The van der Waals surface area contributed by atoms with Crippen LogP contribution in [0.5, 0.6) is 0 Å². The number of aliphatic hydroxyl groups is 2. The summed E-state index contributed by atoms with van der Waals surface area (Å²) >= 11 is 0. The number of nitrogens with one attached hydrogen (secondary N) is 1. The molecule has 0 bridgehead atoms. The lowest BCUT2D eigenvalue weighted by Gasteiger charge is -2.36. The second kappa shape index (κ2) is 9.18. The van der Waals surface area contributed by atoms with Crippen molar-refractivity contribution in [2.45, 2.75) is 96.1 Å². The van der Waals surface area contributed by atoms with Crippen LogP contribution in [-0.2, 0) is 39.5 Å². The average Bonchev–Trinajstić information content (AvgIpc) is 3.34. The zero-order valence-electron chi connectivity index (χ0n) is 24.0. The smallest absolute Gasteiger partial charge is 0.343 e. The number of cyclic esters (lactones) is 1. The summed E-state index contributed by atoms with van der Waals surface area (Å²) in [4.78, 5) is 44.8. The molecule has 1 fully saturated rings. The number of carbonyl (C=O) groups is 2. The van der Waals surface area contributed by atoms with Gasteiger partial charge in [0, 0.05) is 22.6 Å². The minimum atomic E-state index is -1.96. The summed E-state index contributed by atoms with van der Waals surface area (Å²) in [5, 5.41) is 26.4. The number of hydrogen-bond acceptors (Lipinski definition) is 7. The highest BCUT2D eigenvalue weighted by Crippen LogP contribution is 2.46. The molecule has 1 aromatic carbocycles. The summed E-state index contributed by atoms with van der Waals surface area (Å²) < 4.78 is 21.9. The van der Waals surface area contributed by atoms with Gasteiger partial charge in [0.25, 0.3) is 11.5 Å². The zero-order chi connectivity index (χ0) is 29.7. The van der Waals surface area contributed by atoms with Crippen LogP contribution in [0, 0.1) is 18.7 Å². The third kappa shape index (κ3) is 3.67. The highest BCUT2D eigenvalue weighted by Gasteiger charge is 2.46. The third-order valence-electron chi connectivity index (χ3n) is 10.2. The molecule has 1 amide bonds. The molecule has 220 valence electrons. The van der Waals surface area contributed by atoms with Gasteiger partial charge < -0.3 is 24.8 Å². The Morgan fingerprint density at radius 3 is 2.62 bits per heavy atom. The Balaban J connectivity index is 1.42. The van der Waals surface area contributed by atoms with Crippen molar-refractivity contribution in [1.82, 2.24) is 14.9 Å². The van der Waals surface area contributed by atoms with Gasteiger partial charge in [-0.2, -0.15) is 0 Å². The van der Waals surface area contributed by atoms with Gasteiger partial charge in [-0.1, -0.05) is 13.8 Å². The fraction of sp³-hybridized carbons (Fsp3) is 0.500. The van der Waals surface area contributed by atoms with Gasteiger partial charge in [0.15, 0.2) is 5.60 Å². The molecule has 4 aliphatic rings. The van der Waals surface area contributed by atoms with Crippen molar-refractivity contribution < 1.29 is 28.9 Å². The van der Waals surface area contributed by atoms with E-state index in [2.05, 4.69) is 12.2 Å². The van der Waals surface area contributed by atoms with E-state index in [-0.39, 0.29) is 42.1 Å². The second-order valence-electron chi connectivity index (χ2n) is 12.6. The van der Waals surface area contributed by atoms with Crippen molar-refractivity contribution in [3.05, 3.63) is 61.7 Å². The predicted octanol–water partition coefficient (Wildman–Crippen LogP) is 3.57. The molecular weight excluding hydrogens is 541 g/mol. The van der Waals surface area contributed by atoms with Crippen molar-refractivity contribution in [1.29, 1.82) is 0 Å². The number of fused-ring (bicyclic) bond motifs is 5. The quantitative estimate of drug-likeness (QED) is 0.319. The first-order chi connectivity index (χ1) is 20.0. The summed E-state index contributed by atoms with van der Waals surface area (Å²) in [6.45, 7) is 5.43. The fourth-order valence-corrected chi connectivity index (χ4v) is 7.46. The second-order valence-corrected chi connectivity index (χ2v) is 12.6. The number of rotatable bonds is 3. The summed E-state index contributed by atoms with van der Waals surface area (Å²) in [5.41, 5.74) is 0.778. The molecule has 9 nitrogen and oxygen atoms in total. The van der Waals surface area contributed by atoms with Crippen molar-refractivity contribution in [3.8, 4) is 11.4 Å². The van der Waals surface area contributed by atoms with Crippen molar-refractivity contribution in [2.24, 2.45) is 5.92 Å². The first-order valence-corrected chi connectivity index (χ1v) is 14.8. The van der Waals surface area contributed by atoms with E-state index >= 15 is 4.39 Å². The van der Waals surface area contributed by atoms with Gasteiger partial charge in [0.2, 0.25) is 0 Å². The number of halogens is 1. The lowest BCUT2D eigenvalue weighted by atomic mass is 9.78. The molecule has 1 saturated carbocycles. The van der Waals surface area contributed by atoms with Gasteiger partial charge >= 0.3 is 5.97 Å². The number of benzene rings is 1. The predicted molar refractivity (Wildman–Crippen MR) is 151 cm³/mol. The summed E-state index contributed by atoms with van der Waals surface area (Å²) in [7, 11) is 0. The van der Waals surface area contributed by atoms with Crippen LogP contribution in [-0.4, -0.2) is 37.2 Å². The van der Waals surface area contributed by atoms with Gasteiger partial charge in [-0.05, 0) is 80.5 Å². The Morgan fingerprint density at radius 1 is 1.17 bits per heavy atom. The highest BCUT2D eigenvalue weighted by atomic mass is 19.1. The number of aryl methyl sites for hydroxylation is 1. The van der Waals surface area contributed by atoms with E-state index < -0.39 is 29.1 Å². The van der Waals surface area contributed by atoms with E-state index in [0.717, 1.165) is 34.9 Å². The van der Waals surface area contributed by atoms with Crippen molar-refractivity contribution >= 4 is 22.8 Å². The van der Waals surface area contributed by atoms with Crippen LogP contribution in [0.2, 0.25) is 0 Å². The molecule has 42 heavy (non-hydrogen) atoms. The van der Waals surface area contributed by atoms with E-state index in [1.165, 1.54) is 6.07 Å². The number of hydrogen-bond donors (Lipinski definition) is 3. The fourth-order valence-electron chi connectivity index (χ4n) is 7.46. The topological polar surface area (TPSA) is 131 Å². The SMILES string of the molecule is CC[C@@]1(O)C(=O)OCc2c1cc1n(c2=O)Cc2c-1nc1cc(F)c(C)c3c1c2[C@@H](NC(=O)C1(O)CCC(C)CC1)CC3. The zero-order valence-corrected chi connectivity index (χ0v) is 24.0. The molecule has 0 radical (unpaired) electrons. The Bertz CT molecular complexity index is 1770. The lowest BCUT2D eigenvalue weighted by Crippen LogP contribution is -2.50. The molecule has 2 aromatic heterocycles. The molecule has 0 unspecified atom stereocenters. The monoisotopic (exact) mass is 575 g/mol. The normalized spacial score (nSPS) is 27.7. The minimum Gasteiger partial charge on any atom is -0.458 e. The molecule has 0 saturated heterocycles. The Hall–Kier alpha value is -3.63. The molecule has 10 heteroatoms. The van der Waals surface area contributed by atoms with Gasteiger partial charge in [0.1, 0.15) is 18.0 Å². The molecule has 3 aromatic rings. The van der Waals surface area contributed by atoms with Gasteiger partial charge in [-0.15, -0.1) is 0 Å². The maximum Gasteiger partial charge on any atom is 0.343 e. The number of esters is 1. The Kier molecular flexibility index (Phi) is 5.95. The van der Waals surface area contributed by atoms with Crippen molar-refractivity contribution in [2.75, 3.05) is 0 Å². The van der Waals surface area contributed by atoms with Gasteiger partial charge in [-0.25, -0.2) is 14.2 Å². The Morgan fingerprint density at radius 2 is 1.90 bits per heavy atom. The summed E-state index contributed by atoms with van der Waals surface area (Å²) in [6, 6.07) is 2.54. The van der Waals surface area contributed by atoms with Crippen LogP contribution < -0.4 is 10.9 Å². The van der Waals surface area contributed by atoms with Crippen LogP contribution >= 0.6 is 0 Å². The Labute approximate surface area is 241 Å². The molecule has 2 aliphatic carbocycles. The lowest BCUT2D eigenvalue weighted by molar-refractivity contribution is -0.172. The molecule has 4 heterocycles. The minimum absolute atomic E-state index is 0.0224. The van der Waals surface area contributed by atoms with Gasteiger partial charge in [0.05, 0.1) is 35.1 Å². The van der Waals surface area contributed by atoms with Crippen LogP contribution in [0.3, 0.4) is 0 Å². The van der Waals surface area contributed by atoms with E-state index in [1.807, 2.05) is 0 Å². The van der Waals surface area contributed by atoms with Crippen molar-refractivity contribution in [3.63, 3.8) is 0 Å². The molecular formula is C32H34FN3O6. The maximum absolute atomic E-state index is 15.1. The molecule has 3 N–H and O–H groups in total. The third-order valence-corrected chi connectivity index (χ3v) is 10.2. The van der Waals surface area contributed by atoms with Crippen LogP contribution in [0.1, 0.15) is 91.8 Å². The molecule has 7 rings (SSSR count). The van der Waals surface area contributed by atoms with Crippen LogP contribution in [0.25, 0.3) is 22.3 Å². The maximum atomic E-state index is 15.1. The molecule has 2 atom stereocenters. The van der Waals surface area contributed by atoms with E-state index in [4.69, 9.17) is 9.72 Å². The van der Waals surface area contributed by atoms with Crippen LogP contribution in [0.4, 0.5) is 4.39 Å². The first kappa shape index (κ1) is 27.2. The van der Waals surface area contributed by atoms with E-state index in [9.17, 15) is 24.6 Å². The van der Waals surface area contributed by atoms with Gasteiger partial charge in [-0.3, -0.25) is 9.59 Å². The average molecular weight is 576 g/mol. The number of amides is 1. The highest BCUT2D eigenvalue weighted by molar-refractivity contribution is 5.94. The van der Waals surface area contributed by atoms with Crippen LogP contribution in [0.15, 0.2) is 16.9 Å². The summed E-state index contributed by atoms with van der Waals surface area (Å²) in [5.74, 6) is -1.14. The van der Waals surface area contributed by atoms with E-state index in [0.29, 0.717) is 54.1 Å². The largest absolute Gasteiger partial charge is 0.458 e. The number of aromatic nitrogens is 2. The first-order valence-electron chi connectivity index (χ1n) is 14.8. The number of nitrogens with zero attached hydrogens (tertiary/aromatic N) is 2. The number of ether oxygens (including phenoxy) is 1.